The Labute approximate surface area is 206 Å². The van der Waals surface area contributed by atoms with E-state index >= 15 is 13.2 Å². The SMILES string of the molecule is COc1ccc([C@@]2(C(F)(F)F)NC(=O)N3C(=C2c2nc4ccccc4s2)Sc2ccccc23)cc1. The highest BCUT2D eigenvalue weighted by Gasteiger charge is 2.65. The van der Waals surface area contributed by atoms with Gasteiger partial charge in [0.25, 0.3) is 0 Å². The summed E-state index contributed by atoms with van der Waals surface area (Å²) in [5.41, 5.74) is -1.91. The first-order chi connectivity index (χ1) is 16.8. The van der Waals surface area contributed by atoms with E-state index in [0.717, 1.165) is 16.5 Å². The Hall–Kier alpha value is -3.50. The molecule has 4 aromatic rings. The number of para-hydroxylation sites is 2. The molecule has 0 saturated carbocycles. The zero-order chi connectivity index (χ0) is 24.4. The van der Waals surface area contributed by atoms with Gasteiger partial charge in [0.1, 0.15) is 10.8 Å². The van der Waals surface area contributed by atoms with Crippen LogP contribution in [0, 0.1) is 0 Å². The summed E-state index contributed by atoms with van der Waals surface area (Å²) in [7, 11) is 1.44. The first kappa shape index (κ1) is 22.0. The Morgan fingerprint density at radius 2 is 1.71 bits per heavy atom. The van der Waals surface area contributed by atoms with Gasteiger partial charge in [0.2, 0.25) is 0 Å². The summed E-state index contributed by atoms with van der Waals surface area (Å²) in [6.45, 7) is 0. The highest BCUT2D eigenvalue weighted by molar-refractivity contribution is 8.04. The number of aromatic nitrogens is 1. The van der Waals surface area contributed by atoms with Crippen molar-refractivity contribution < 1.29 is 22.7 Å². The molecular weight excluding hydrogens is 495 g/mol. The summed E-state index contributed by atoms with van der Waals surface area (Å²) in [5.74, 6) is 0.409. The molecule has 0 fully saturated rings. The predicted octanol–water partition coefficient (Wildman–Crippen LogP) is 6.77. The largest absolute Gasteiger partial charge is 0.497 e. The number of nitrogens with one attached hydrogen (secondary N) is 1. The standard InChI is InChI=1S/C25H16F3N3O2S2/c1-33-15-12-10-14(11-13-15)24(25(26,27)28)20(21-29-16-6-2-4-8-18(16)34-21)22-31(23(32)30-24)17-7-3-5-9-19(17)35-22/h2-13H,1H3,(H,30,32)/t24-/m1/s1. The number of hydrogen-bond donors (Lipinski definition) is 1. The molecule has 2 aliphatic heterocycles. The number of nitrogens with zero attached hydrogens (tertiary/aromatic N) is 2. The maximum atomic E-state index is 15.3. The van der Waals surface area contributed by atoms with Crippen molar-refractivity contribution in [3.63, 3.8) is 0 Å². The van der Waals surface area contributed by atoms with E-state index in [2.05, 4.69) is 10.3 Å². The molecule has 176 valence electrons. The molecule has 0 spiro atoms. The molecule has 2 amide bonds. The van der Waals surface area contributed by atoms with Crippen LogP contribution in [0.2, 0.25) is 0 Å². The number of amides is 2. The number of anilines is 1. The molecule has 3 heterocycles. The molecule has 6 rings (SSSR count). The van der Waals surface area contributed by atoms with Crippen molar-refractivity contribution in [2.75, 3.05) is 12.0 Å². The fourth-order valence-electron chi connectivity index (χ4n) is 4.46. The average molecular weight is 512 g/mol. The third-order valence-electron chi connectivity index (χ3n) is 6.06. The minimum absolute atomic E-state index is 0.0998. The van der Waals surface area contributed by atoms with E-state index in [1.54, 1.807) is 36.4 Å². The van der Waals surface area contributed by atoms with Crippen LogP contribution in [0.1, 0.15) is 10.6 Å². The number of carbonyl (C=O) groups is 1. The summed E-state index contributed by atoms with van der Waals surface area (Å²) >= 11 is 2.31. The van der Waals surface area contributed by atoms with E-state index in [1.807, 2.05) is 12.1 Å². The third-order valence-corrected chi connectivity index (χ3v) is 8.26. The number of thioether (sulfide) groups is 1. The van der Waals surface area contributed by atoms with Crippen molar-refractivity contribution in [3.05, 3.63) is 88.4 Å². The highest BCUT2D eigenvalue weighted by Crippen LogP contribution is 2.59. The van der Waals surface area contributed by atoms with Gasteiger partial charge in [-0.25, -0.2) is 9.78 Å². The van der Waals surface area contributed by atoms with Crippen molar-refractivity contribution in [2.45, 2.75) is 16.6 Å². The Balaban J connectivity index is 1.70. The maximum absolute atomic E-state index is 15.3. The van der Waals surface area contributed by atoms with Gasteiger partial charge < -0.3 is 10.1 Å². The smallest absolute Gasteiger partial charge is 0.420 e. The fourth-order valence-corrected chi connectivity index (χ4v) is 6.83. The number of urea groups is 1. The van der Waals surface area contributed by atoms with Crippen LogP contribution in [0.15, 0.2) is 82.7 Å². The van der Waals surface area contributed by atoms with Crippen molar-refractivity contribution in [3.8, 4) is 5.75 Å². The monoisotopic (exact) mass is 511 g/mol. The molecule has 0 saturated heterocycles. The second-order valence-corrected chi connectivity index (χ2v) is 10.0. The number of fused-ring (bicyclic) bond motifs is 4. The highest BCUT2D eigenvalue weighted by atomic mass is 32.2. The molecular formula is C25H16F3N3O2S2. The summed E-state index contributed by atoms with van der Waals surface area (Å²) in [4.78, 5) is 20.0. The molecule has 1 N–H and O–H groups in total. The Morgan fingerprint density at radius 1 is 1.00 bits per heavy atom. The van der Waals surface area contributed by atoms with Gasteiger partial charge in [-0.2, -0.15) is 13.2 Å². The maximum Gasteiger partial charge on any atom is 0.420 e. The quantitative estimate of drug-likeness (QED) is 0.330. The minimum atomic E-state index is -4.88. The lowest BCUT2D eigenvalue weighted by Gasteiger charge is -2.43. The Morgan fingerprint density at radius 3 is 2.43 bits per heavy atom. The number of methoxy groups -OCH3 is 1. The minimum Gasteiger partial charge on any atom is -0.497 e. The zero-order valence-corrected chi connectivity index (χ0v) is 19.7. The molecule has 1 atom stereocenters. The molecule has 10 heteroatoms. The number of rotatable bonds is 3. The van der Waals surface area contributed by atoms with Gasteiger partial charge in [-0.05, 0) is 42.0 Å². The molecule has 0 unspecified atom stereocenters. The number of carbonyl (C=O) groups excluding carboxylic acids is 1. The van der Waals surface area contributed by atoms with E-state index in [-0.39, 0.29) is 21.2 Å². The lowest BCUT2D eigenvalue weighted by Crippen LogP contribution is -2.62. The molecule has 0 aliphatic carbocycles. The summed E-state index contributed by atoms with van der Waals surface area (Å²) in [5, 5.41) is 2.74. The second-order valence-electron chi connectivity index (χ2n) is 7.98. The number of hydrogen-bond acceptors (Lipinski definition) is 5. The van der Waals surface area contributed by atoms with Crippen LogP contribution in [0.25, 0.3) is 15.8 Å². The van der Waals surface area contributed by atoms with Crippen LogP contribution >= 0.6 is 23.1 Å². The van der Waals surface area contributed by atoms with Crippen molar-refractivity contribution in [1.29, 1.82) is 0 Å². The van der Waals surface area contributed by atoms with Crippen LogP contribution in [0.5, 0.6) is 5.75 Å². The van der Waals surface area contributed by atoms with Gasteiger partial charge >= 0.3 is 12.2 Å². The van der Waals surface area contributed by atoms with Crippen LogP contribution < -0.4 is 15.0 Å². The Kier molecular flexibility index (Phi) is 4.87. The van der Waals surface area contributed by atoms with E-state index < -0.39 is 17.7 Å². The number of ether oxygens (including phenoxy) is 1. The lowest BCUT2D eigenvalue weighted by atomic mass is 9.80. The predicted molar refractivity (Wildman–Crippen MR) is 131 cm³/mol. The summed E-state index contributed by atoms with van der Waals surface area (Å²) in [6, 6.07) is 19.0. The van der Waals surface area contributed by atoms with Gasteiger partial charge in [-0.1, -0.05) is 48.2 Å². The molecule has 0 radical (unpaired) electrons. The summed E-state index contributed by atoms with van der Waals surface area (Å²) < 4.78 is 51.8. The van der Waals surface area contributed by atoms with E-state index in [1.165, 1.54) is 47.6 Å². The fraction of sp³-hybridized carbons (Fsp3) is 0.120. The lowest BCUT2D eigenvalue weighted by molar-refractivity contribution is -0.178. The van der Waals surface area contributed by atoms with Gasteiger partial charge in [0.15, 0.2) is 5.54 Å². The van der Waals surface area contributed by atoms with Crippen molar-refractivity contribution in [1.82, 2.24) is 10.3 Å². The number of benzene rings is 3. The molecule has 5 nitrogen and oxygen atoms in total. The molecule has 2 aliphatic rings. The van der Waals surface area contributed by atoms with Crippen molar-refractivity contribution in [2.24, 2.45) is 0 Å². The normalized spacial score (nSPS) is 19.5. The number of halogens is 3. The molecule has 35 heavy (non-hydrogen) atoms. The first-order valence-corrected chi connectivity index (χ1v) is 12.2. The van der Waals surface area contributed by atoms with Gasteiger partial charge in [0, 0.05) is 4.90 Å². The van der Waals surface area contributed by atoms with Crippen LogP contribution in [0.3, 0.4) is 0 Å². The number of thiazole rings is 1. The molecule has 3 aromatic carbocycles. The summed E-state index contributed by atoms with van der Waals surface area (Å²) in [6.07, 6.45) is -4.88. The topological polar surface area (TPSA) is 54.5 Å². The average Bonchev–Trinajstić information content (AvgIpc) is 3.45. The van der Waals surface area contributed by atoms with Crippen LogP contribution in [-0.4, -0.2) is 24.3 Å². The van der Waals surface area contributed by atoms with E-state index in [9.17, 15) is 4.79 Å². The van der Waals surface area contributed by atoms with Gasteiger partial charge in [-0.15, -0.1) is 11.3 Å². The molecule has 0 bridgehead atoms. The zero-order valence-electron chi connectivity index (χ0n) is 18.1. The van der Waals surface area contributed by atoms with Gasteiger partial charge in [0.05, 0.1) is 33.6 Å². The van der Waals surface area contributed by atoms with E-state index in [4.69, 9.17) is 4.74 Å². The second kappa shape index (κ2) is 7.76. The van der Waals surface area contributed by atoms with Crippen molar-refractivity contribution >= 4 is 50.6 Å². The Bertz CT molecular complexity index is 1480. The van der Waals surface area contributed by atoms with Crippen LogP contribution in [0.4, 0.5) is 23.7 Å². The number of alkyl halides is 3. The van der Waals surface area contributed by atoms with Crippen LogP contribution in [-0.2, 0) is 5.54 Å². The molecule has 1 aromatic heterocycles. The third kappa shape index (κ3) is 3.16. The first-order valence-electron chi connectivity index (χ1n) is 10.5. The van der Waals surface area contributed by atoms with E-state index in [0.29, 0.717) is 21.8 Å². The van der Waals surface area contributed by atoms with Gasteiger partial charge in [-0.3, -0.25) is 4.90 Å².